The largest absolute Gasteiger partial charge is 0.444 e. The van der Waals surface area contributed by atoms with Gasteiger partial charge in [-0.1, -0.05) is 17.3 Å². The highest BCUT2D eigenvalue weighted by Crippen LogP contribution is 2.23. The molecule has 0 atom stereocenters. The Bertz CT molecular complexity index is 735. The summed E-state index contributed by atoms with van der Waals surface area (Å²) in [5.74, 6) is -0.835. The first-order valence-corrected chi connectivity index (χ1v) is 7.71. The first-order chi connectivity index (χ1) is 11.8. The van der Waals surface area contributed by atoms with Gasteiger partial charge in [-0.15, -0.1) is 0 Å². The lowest BCUT2D eigenvalue weighted by molar-refractivity contribution is 0.0526. The molecule has 2 amide bonds. The van der Waals surface area contributed by atoms with Crippen molar-refractivity contribution in [2.75, 3.05) is 13.1 Å². The van der Waals surface area contributed by atoms with Gasteiger partial charge in [-0.05, 0) is 38.5 Å². The van der Waals surface area contributed by atoms with Crippen LogP contribution in [-0.2, 0) is 4.74 Å². The lowest BCUT2D eigenvalue weighted by Crippen LogP contribution is -2.38. The minimum atomic E-state index is -0.585. The Morgan fingerprint density at radius 3 is 2.44 bits per heavy atom. The van der Waals surface area contributed by atoms with Gasteiger partial charge in [0.2, 0.25) is 0 Å². The summed E-state index contributed by atoms with van der Waals surface area (Å²) in [6, 6.07) is 5.63. The van der Waals surface area contributed by atoms with E-state index in [9.17, 15) is 14.0 Å². The number of nitrogens with zero attached hydrogens (tertiary/aromatic N) is 1. The van der Waals surface area contributed by atoms with Gasteiger partial charge in [0.15, 0.2) is 5.69 Å². The zero-order valence-electron chi connectivity index (χ0n) is 14.3. The van der Waals surface area contributed by atoms with Crippen molar-refractivity contribution in [1.29, 1.82) is 0 Å². The van der Waals surface area contributed by atoms with Crippen LogP contribution in [0.3, 0.4) is 0 Å². The van der Waals surface area contributed by atoms with Crippen LogP contribution < -0.4 is 10.6 Å². The molecular weight excluding hydrogens is 329 g/mol. The van der Waals surface area contributed by atoms with Crippen LogP contribution in [0, 0.1) is 5.82 Å². The highest BCUT2D eigenvalue weighted by molar-refractivity contribution is 5.98. The predicted molar refractivity (Wildman–Crippen MR) is 88.5 cm³/mol. The number of hydrogen-bond donors (Lipinski definition) is 2. The lowest BCUT2D eigenvalue weighted by atomic mass is 10.1. The molecule has 0 aliphatic carbocycles. The number of carbonyl (C=O) groups excluding carboxylic acids is 2. The molecule has 1 aromatic heterocycles. The zero-order valence-corrected chi connectivity index (χ0v) is 14.3. The van der Waals surface area contributed by atoms with Crippen LogP contribution in [0.2, 0.25) is 0 Å². The Hall–Kier alpha value is -2.90. The summed E-state index contributed by atoms with van der Waals surface area (Å²) in [6.07, 6.45) is 0.761. The van der Waals surface area contributed by atoms with Crippen LogP contribution in [-0.4, -0.2) is 35.8 Å². The normalized spacial score (nSPS) is 11.0. The van der Waals surface area contributed by atoms with Gasteiger partial charge in [0.05, 0.1) is 5.56 Å². The van der Waals surface area contributed by atoms with E-state index in [4.69, 9.17) is 9.26 Å². The maximum Gasteiger partial charge on any atom is 0.407 e. The SMILES string of the molecule is CC(C)(C)OC(=O)NCCNC(=O)c1nocc1-c1ccc(F)cc1. The molecule has 8 heteroatoms. The summed E-state index contributed by atoms with van der Waals surface area (Å²) in [7, 11) is 0. The van der Waals surface area contributed by atoms with E-state index in [-0.39, 0.29) is 24.6 Å². The second kappa shape index (κ2) is 7.78. The Labute approximate surface area is 144 Å². The first kappa shape index (κ1) is 18.4. The molecule has 134 valence electrons. The Morgan fingerprint density at radius 1 is 1.16 bits per heavy atom. The molecular formula is C17H20FN3O4. The number of nitrogens with one attached hydrogen (secondary N) is 2. The molecule has 2 N–H and O–H groups in total. The fraction of sp³-hybridized carbons (Fsp3) is 0.353. The van der Waals surface area contributed by atoms with Crippen molar-refractivity contribution in [3.63, 3.8) is 0 Å². The number of alkyl carbamates (subject to hydrolysis) is 1. The average Bonchev–Trinajstić information content (AvgIpc) is 3.00. The topological polar surface area (TPSA) is 93.5 Å². The van der Waals surface area contributed by atoms with Crippen LogP contribution >= 0.6 is 0 Å². The van der Waals surface area contributed by atoms with Crippen molar-refractivity contribution < 1.29 is 23.2 Å². The minimum Gasteiger partial charge on any atom is -0.444 e. The predicted octanol–water partition coefficient (Wildman–Crippen LogP) is 2.74. The van der Waals surface area contributed by atoms with Gasteiger partial charge in [0.25, 0.3) is 5.91 Å². The Balaban J connectivity index is 1.87. The van der Waals surface area contributed by atoms with E-state index in [0.717, 1.165) is 0 Å². The molecule has 0 unspecified atom stereocenters. The van der Waals surface area contributed by atoms with Crippen LogP contribution in [0.1, 0.15) is 31.3 Å². The van der Waals surface area contributed by atoms with Gasteiger partial charge < -0.3 is 19.9 Å². The monoisotopic (exact) mass is 349 g/mol. The fourth-order valence-electron chi connectivity index (χ4n) is 1.97. The molecule has 2 aromatic rings. The van der Waals surface area contributed by atoms with E-state index < -0.39 is 17.6 Å². The number of ether oxygens (including phenoxy) is 1. The third-order valence-electron chi connectivity index (χ3n) is 3.02. The van der Waals surface area contributed by atoms with E-state index in [1.807, 2.05) is 0 Å². The average molecular weight is 349 g/mol. The van der Waals surface area contributed by atoms with E-state index in [0.29, 0.717) is 11.1 Å². The summed E-state index contributed by atoms with van der Waals surface area (Å²) in [5, 5.41) is 8.83. The van der Waals surface area contributed by atoms with Gasteiger partial charge in [0.1, 0.15) is 17.7 Å². The molecule has 1 heterocycles. The molecule has 0 fully saturated rings. The molecule has 2 rings (SSSR count). The van der Waals surface area contributed by atoms with Crippen LogP contribution in [0.4, 0.5) is 9.18 Å². The Morgan fingerprint density at radius 2 is 1.80 bits per heavy atom. The molecule has 0 spiro atoms. The van der Waals surface area contributed by atoms with Gasteiger partial charge in [-0.3, -0.25) is 4.79 Å². The van der Waals surface area contributed by atoms with Gasteiger partial charge in [-0.2, -0.15) is 0 Å². The number of rotatable bonds is 5. The smallest absolute Gasteiger partial charge is 0.407 e. The van der Waals surface area contributed by atoms with Crippen molar-refractivity contribution >= 4 is 12.0 Å². The summed E-state index contributed by atoms with van der Waals surface area (Å²) >= 11 is 0. The Kier molecular flexibility index (Phi) is 5.74. The molecule has 25 heavy (non-hydrogen) atoms. The van der Waals surface area contributed by atoms with Crippen molar-refractivity contribution in [2.45, 2.75) is 26.4 Å². The van der Waals surface area contributed by atoms with E-state index in [1.54, 1.807) is 20.8 Å². The van der Waals surface area contributed by atoms with Crippen LogP contribution in [0.15, 0.2) is 35.1 Å². The fourth-order valence-corrected chi connectivity index (χ4v) is 1.97. The molecule has 0 radical (unpaired) electrons. The van der Waals surface area contributed by atoms with Crippen LogP contribution in [0.5, 0.6) is 0 Å². The molecule has 0 aliphatic heterocycles. The second-order valence-electron chi connectivity index (χ2n) is 6.27. The van der Waals surface area contributed by atoms with Crippen molar-refractivity contribution in [1.82, 2.24) is 15.8 Å². The first-order valence-electron chi connectivity index (χ1n) is 7.71. The van der Waals surface area contributed by atoms with Gasteiger partial charge in [-0.25, -0.2) is 9.18 Å². The number of aromatic nitrogens is 1. The van der Waals surface area contributed by atoms with E-state index >= 15 is 0 Å². The number of halogens is 1. The third kappa shape index (κ3) is 5.59. The molecule has 1 aromatic carbocycles. The van der Waals surface area contributed by atoms with Crippen LogP contribution in [0.25, 0.3) is 11.1 Å². The number of amides is 2. The van der Waals surface area contributed by atoms with Gasteiger partial charge >= 0.3 is 6.09 Å². The summed E-state index contributed by atoms with van der Waals surface area (Å²) in [4.78, 5) is 23.7. The van der Waals surface area contributed by atoms with E-state index in [1.165, 1.54) is 30.5 Å². The molecule has 0 saturated heterocycles. The maximum atomic E-state index is 13.0. The third-order valence-corrected chi connectivity index (χ3v) is 3.02. The summed E-state index contributed by atoms with van der Waals surface area (Å²) in [5.41, 5.74) is 0.569. The summed E-state index contributed by atoms with van der Waals surface area (Å²) in [6.45, 7) is 5.67. The number of carbonyl (C=O) groups is 2. The standard InChI is InChI=1S/C17H20FN3O4/c1-17(2,3)25-16(23)20-9-8-19-15(22)14-13(10-24-21-14)11-4-6-12(18)7-5-11/h4-7,10H,8-9H2,1-3H3,(H,19,22)(H,20,23). The van der Waals surface area contributed by atoms with Crippen molar-refractivity contribution in [2.24, 2.45) is 0 Å². The van der Waals surface area contributed by atoms with Crippen molar-refractivity contribution in [3.05, 3.63) is 42.0 Å². The quantitative estimate of drug-likeness (QED) is 0.810. The van der Waals surface area contributed by atoms with E-state index in [2.05, 4.69) is 15.8 Å². The second-order valence-corrected chi connectivity index (χ2v) is 6.27. The number of hydrogen-bond acceptors (Lipinski definition) is 5. The van der Waals surface area contributed by atoms with Crippen molar-refractivity contribution in [3.8, 4) is 11.1 Å². The summed E-state index contributed by atoms with van der Waals surface area (Å²) < 4.78 is 22.9. The molecule has 0 aliphatic rings. The zero-order chi connectivity index (χ0) is 18.4. The van der Waals surface area contributed by atoms with Gasteiger partial charge in [0, 0.05) is 13.1 Å². The minimum absolute atomic E-state index is 0.0869. The molecule has 0 bridgehead atoms. The highest BCUT2D eigenvalue weighted by Gasteiger charge is 2.18. The molecule has 7 nitrogen and oxygen atoms in total. The lowest BCUT2D eigenvalue weighted by Gasteiger charge is -2.19. The maximum absolute atomic E-state index is 13.0. The number of benzene rings is 1. The molecule has 0 saturated carbocycles. The highest BCUT2D eigenvalue weighted by atomic mass is 19.1.